The van der Waals surface area contributed by atoms with Gasteiger partial charge in [-0.1, -0.05) is 27.6 Å². The van der Waals surface area contributed by atoms with E-state index in [2.05, 4.69) is 36.3 Å². The van der Waals surface area contributed by atoms with Gasteiger partial charge in [0.05, 0.1) is 18.5 Å². The molecule has 7 nitrogen and oxygen atoms in total. The molecular weight excluding hydrogens is 412 g/mol. The van der Waals surface area contributed by atoms with Crippen LogP contribution in [0.25, 0.3) is 5.69 Å². The van der Waals surface area contributed by atoms with Crippen LogP contribution in [0.15, 0.2) is 28.7 Å². The quantitative estimate of drug-likeness (QED) is 0.482. The number of hydrogen-bond acceptors (Lipinski definition) is 5. The van der Waals surface area contributed by atoms with E-state index in [0.717, 1.165) is 48.0 Å². The van der Waals surface area contributed by atoms with E-state index in [0.29, 0.717) is 24.6 Å². The van der Waals surface area contributed by atoms with Gasteiger partial charge in [-0.15, -0.1) is 5.10 Å². The number of carbonyl (C=O) groups is 2. The number of halogens is 1. The molecule has 1 aliphatic rings. The zero-order valence-electron chi connectivity index (χ0n) is 15.3. The third kappa shape index (κ3) is 5.15. The summed E-state index contributed by atoms with van der Waals surface area (Å²) >= 11 is 3.43. The number of nitrogens with zero attached hydrogens (tertiary/aromatic N) is 3. The highest BCUT2D eigenvalue weighted by Crippen LogP contribution is 2.42. The van der Waals surface area contributed by atoms with Crippen molar-refractivity contribution in [3.63, 3.8) is 0 Å². The molecule has 0 saturated heterocycles. The fourth-order valence-corrected chi connectivity index (χ4v) is 3.17. The van der Waals surface area contributed by atoms with Gasteiger partial charge in [-0.05, 0) is 49.9 Å². The van der Waals surface area contributed by atoms with Gasteiger partial charge < -0.3 is 10.1 Å². The highest BCUT2D eigenvalue weighted by molar-refractivity contribution is 9.10. The molecule has 0 atom stereocenters. The molecule has 1 amide bonds. The van der Waals surface area contributed by atoms with Crippen molar-refractivity contribution in [2.45, 2.75) is 44.4 Å². The lowest BCUT2D eigenvalue weighted by Crippen LogP contribution is -2.26. The summed E-state index contributed by atoms with van der Waals surface area (Å²) in [5.74, 6) is -0.0460. The Balaban J connectivity index is 1.59. The molecule has 1 heterocycles. The molecule has 1 aliphatic carbocycles. The Morgan fingerprint density at radius 1 is 1.22 bits per heavy atom. The molecule has 1 N–H and O–H groups in total. The molecule has 0 unspecified atom stereocenters. The van der Waals surface area contributed by atoms with Gasteiger partial charge in [-0.25, -0.2) is 4.68 Å². The third-order valence-electron chi connectivity index (χ3n) is 4.53. The van der Waals surface area contributed by atoms with Gasteiger partial charge >= 0.3 is 5.97 Å². The number of benzene rings is 1. The maximum absolute atomic E-state index is 12.6. The minimum Gasteiger partial charge on any atom is -0.469 e. The number of carbonyl (C=O) groups excluding carboxylic acids is 2. The smallest absolute Gasteiger partial charge is 0.305 e. The van der Waals surface area contributed by atoms with Crippen LogP contribution in [0, 0.1) is 0 Å². The first kappa shape index (κ1) is 19.5. The second-order valence-electron chi connectivity index (χ2n) is 6.63. The normalized spacial score (nSPS) is 13.4. The maximum Gasteiger partial charge on any atom is 0.305 e. The van der Waals surface area contributed by atoms with E-state index >= 15 is 0 Å². The molecule has 1 aromatic heterocycles. The molecule has 1 saturated carbocycles. The second kappa shape index (κ2) is 9.12. The van der Waals surface area contributed by atoms with Crippen molar-refractivity contribution in [2.24, 2.45) is 0 Å². The molecule has 0 radical (unpaired) electrons. The predicted octanol–water partition coefficient (Wildman–Crippen LogP) is 3.37. The van der Waals surface area contributed by atoms with E-state index in [1.165, 1.54) is 7.11 Å². The van der Waals surface area contributed by atoms with Gasteiger partial charge in [0.1, 0.15) is 0 Å². The number of unbranched alkanes of at least 4 members (excludes halogenated alkanes) is 2. The van der Waals surface area contributed by atoms with E-state index in [1.807, 2.05) is 24.3 Å². The Morgan fingerprint density at radius 2 is 1.96 bits per heavy atom. The van der Waals surface area contributed by atoms with E-state index in [-0.39, 0.29) is 11.9 Å². The van der Waals surface area contributed by atoms with Gasteiger partial charge in [-0.3, -0.25) is 9.59 Å². The van der Waals surface area contributed by atoms with Crippen molar-refractivity contribution in [1.82, 2.24) is 20.3 Å². The maximum atomic E-state index is 12.6. The Morgan fingerprint density at radius 3 is 2.63 bits per heavy atom. The number of rotatable bonds is 9. The highest BCUT2D eigenvalue weighted by atomic mass is 79.9. The van der Waals surface area contributed by atoms with Gasteiger partial charge in [0.2, 0.25) is 0 Å². The monoisotopic (exact) mass is 434 g/mol. The highest BCUT2D eigenvalue weighted by Gasteiger charge is 2.34. The van der Waals surface area contributed by atoms with Gasteiger partial charge in [0, 0.05) is 23.4 Å². The van der Waals surface area contributed by atoms with E-state index in [9.17, 15) is 9.59 Å². The van der Waals surface area contributed by atoms with E-state index in [4.69, 9.17) is 0 Å². The number of nitrogens with one attached hydrogen (secondary N) is 1. The van der Waals surface area contributed by atoms with Crippen molar-refractivity contribution >= 4 is 27.8 Å². The molecule has 8 heteroatoms. The average Bonchev–Trinajstić information content (AvgIpc) is 3.42. The number of esters is 1. The standard InChI is InChI=1S/C19H23BrN4O3/c1-27-16(25)5-3-2-4-12-21-19(26)17-18(13-6-7-13)24(23-22-17)15-10-8-14(20)9-11-15/h8-11,13H,2-7,12H2,1H3,(H,21,26). The first-order chi connectivity index (χ1) is 13.1. The average molecular weight is 435 g/mol. The third-order valence-corrected chi connectivity index (χ3v) is 5.05. The van der Waals surface area contributed by atoms with E-state index in [1.54, 1.807) is 4.68 Å². The predicted molar refractivity (Wildman–Crippen MR) is 104 cm³/mol. The number of amides is 1. The largest absolute Gasteiger partial charge is 0.469 e. The van der Waals surface area contributed by atoms with Crippen molar-refractivity contribution in [3.05, 3.63) is 40.1 Å². The summed E-state index contributed by atoms with van der Waals surface area (Å²) < 4.78 is 7.37. The lowest BCUT2D eigenvalue weighted by atomic mass is 10.2. The lowest BCUT2D eigenvalue weighted by Gasteiger charge is -2.08. The van der Waals surface area contributed by atoms with E-state index < -0.39 is 0 Å². The van der Waals surface area contributed by atoms with Crippen molar-refractivity contribution < 1.29 is 14.3 Å². The zero-order chi connectivity index (χ0) is 19.2. The minimum absolute atomic E-state index is 0.187. The molecule has 0 aliphatic heterocycles. The second-order valence-corrected chi connectivity index (χ2v) is 7.54. The summed E-state index contributed by atoms with van der Waals surface area (Å²) in [6.45, 7) is 0.551. The Bertz CT molecular complexity index is 800. The Labute approximate surface area is 166 Å². The first-order valence-corrected chi connectivity index (χ1v) is 9.96. The lowest BCUT2D eigenvalue weighted by molar-refractivity contribution is -0.140. The number of methoxy groups -OCH3 is 1. The fourth-order valence-electron chi connectivity index (χ4n) is 2.91. The van der Waals surface area contributed by atoms with Gasteiger partial charge in [-0.2, -0.15) is 0 Å². The topological polar surface area (TPSA) is 86.1 Å². The minimum atomic E-state index is -0.197. The van der Waals surface area contributed by atoms with Crippen molar-refractivity contribution in [3.8, 4) is 5.69 Å². The number of ether oxygens (including phenoxy) is 1. The SMILES string of the molecule is COC(=O)CCCCCNC(=O)c1nnn(-c2ccc(Br)cc2)c1C1CC1. The van der Waals surface area contributed by atoms with Crippen LogP contribution in [0.3, 0.4) is 0 Å². The summed E-state index contributed by atoms with van der Waals surface area (Å²) in [4.78, 5) is 23.6. The summed E-state index contributed by atoms with van der Waals surface area (Å²) in [6, 6.07) is 7.80. The molecule has 0 bridgehead atoms. The first-order valence-electron chi connectivity index (χ1n) is 9.16. The Kier molecular flexibility index (Phi) is 6.60. The summed E-state index contributed by atoms with van der Waals surface area (Å²) in [5, 5.41) is 11.3. The van der Waals surface area contributed by atoms with Crippen LogP contribution >= 0.6 is 15.9 Å². The summed E-state index contributed by atoms with van der Waals surface area (Å²) in [6.07, 6.45) is 4.95. The van der Waals surface area contributed by atoms with Gasteiger partial charge in [0.25, 0.3) is 5.91 Å². The van der Waals surface area contributed by atoms with Crippen molar-refractivity contribution in [1.29, 1.82) is 0 Å². The fraction of sp³-hybridized carbons (Fsp3) is 0.474. The summed E-state index contributed by atoms with van der Waals surface area (Å²) in [7, 11) is 1.39. The van der Waals surface area contributed by atoms with Gasteiger partial charge in [0.15, 0.2) is 5.69 Å². The molecule has 2 aromatic rings. The van der Waals surface area contributed by atoms with Crippen LogP contribution in [-0.2, 0) is 9.53 Å². The molecule has 27 heavy (non-hydrogen) atoms. The van der Waals surface area contributed by atoms with Crippen LogP contribution in [0.4, 0.5) is 0 Å². The van der Waals surface area contributed by atoms with Crippen LogP contribution < -0.4 is 5.32 Å². The molecule has 3 rings (SSSR count). The zero-order valence-corrected chi connectivity index (χ0v) is 16.9. The molecule has 0 spiro atoms. The molecule has 1 aromatic carbocycles. The molecular formula is C19H23BrN4O3. The number of hydrogen-bond donors (Lipinski definition) is 1. The molecule has 1 fully saturated rings. The van der Waals surface area contributed by atoms with Crippen LogP contribution in [-0.4, -0.2) is 40.5 Å². The summed E-state index contributed by atoms with van der Waals surface area (Å²) in [5.41, 5.74) is 2.20. The molecule has 144 valence electrons. The number of aromatic nitrogens is 3. The van der Waals surface area contributed by atoms with Crippen molar-refractivity contribution in [2.75, 3.05) is 13.7 Å². The Hall–Kier alpha value is -2.22. The van der Waals surface area contributed by atoms with Crippen LogP contribution in [0.2, 0.25) is 0 Å². The van der Waals surface area contributed by atoms with Crippen LogP contribution in [0.1, 0.15) is 60.6 Å². The van der Waals surface area contributed by atoms with Crippen LogP contribution in [0.5, 0.6) is 0 Å².